The first-order valence-corrected chi connectivity index (χ1v) is 7.52. The van der Waals surface area contributed by atoms with Crippen molar-refractivity contribution in [1.29, 1.82) is 0 Å². The Morgan fingerprint density at radius 1 is 1.14 bits per heavy atom. The maximum atomic E-state index is 12.5. The molecule has 0 spiro atoms. The van der Waals surface area contributed by atoms with E-state index >= 15 is 0 Å². The van der Waals surface area contributed by atoms with Gasteiger partial charge in [-0.1, -0.05) is 39.0 Å². The van der Waals surface area contributed by atoms with Crippen LogP contribution in [0.15, 0.2) is 30.3 Å². The molecule has 3 amide bonds. The zero-order chi connectivity index (χ0) is 16.4. The molecule has 1 saturated heterocycles. The van der Waals surface area contributed by atoms with Crippen LogP contribution >= 0.6 is 0 Å². The number of hydrogen-bond donors (Lipinski definition) is 1. The molecule has 0 unspecified atom stereocenters. The Hall–Kier alpha value is -2.17. The summed E-state index contributed by atoms with van der Waals surface area (Å²) in [4.78, 5) is 37.6. The van der Waals surface area contributed by atoms with Crippen LogP contribution in [-0.2, 0) is 9.59 Å². The molecule has 0 radical (unpaired) electrons. The summed E-state index contributed by atoms with van der Waals surface area (Å²) in [6.45, 7) is 5.69. The van der Waals surface area contributed by atoms with Crippen LogP contribution in [-0.4, -0.2) is 35.7 Å². The molecule has 118 valence electrons. The first-order chi connectivity index (χ1) is 10.3. The molecule has 5 nitrogen and oxygen atoms in total. The molecule has 0 aromatic heterocycles. The van der Waals surface area contributed by atoms with Crippen LogP contribution in [0.5, 0.6) is 0 Å². The van der Waals surface area contributed by atoms with Crippen molar-refractivity contribution in [2.75, 3.05) is 7.05 Å². The van der Waals surface area contributed by atoms with Crippen molar-refractivity contribution in [3.05, 3.63) is 35.9 Å². The molecular weight excluding hydrogens is 280 g/mol. The number of benzene rings is 1. The third kappa shape index (κ3) is 2.89. The highest BCUT2D eigenvalue weighted by atomic mass is 16.2. The molecule has 0 aliphatic carbocycles. The summed E-state index contributed by atoms with van der Waals surface area (Å²) in [5, 5.41) is 2.79. The Morgan fingerprint density at radius 3 is 2.23 bits per heavy atom. The second-order valence-corrected chi connectivity index (χ2v) is 6.16. The third-order valence-corrected chi connectivity index (χ3v) is 4.30. The SMILES string of the molecule is CC(C)[C@H]1C(=O)N[C@@H]1[C@@H](C)C(=O)N(C)C(=O)c1ccccc1. The lowest BCUT2D eigenvalue weighted by molar-refractivity contribution is -0.144. The van der Waals surface area contributed by atoms with Crippen molar-refractivity contribution in [3.8, 4) is 0 Å². The van der Waals surface area contributed by atoms with Crippen molar-refractivity contribution in [2.45, 2.75) is 26.8 Å². The number of carbonyl (C=O) groups excluding carboxylic acids is 3. The van der Waals surface area contributed by atoms with Gasteiger partial charge in [0.2, 0.25) is 11.8 Å². The molecule has 1 aliphatic rings. The first kappa shape index (κ1) is 16.2. The van der Waals surface area contributed by atoms with Gasteiger partial charge in [0.1, 0.15) is 0 Å². The Labute approximate surface area is 130 Å². The predicted octanol–water partition coefficient (Wildman–Crippen LogP) is 1.69. The molecule has 0 bridgehead atoms. The second kappa shape index (κ2) is 6.30. The van der Waals surface area contributed by atoms with Gasteiger partial charge < -0.3 is 5.32 Å². The largest absolute Gasteiger partial charge is 0.351 e. The molecule has 3 atom stereocenters. The number of nitrogens with one attached hydrogen (secondary N) is 1. The van der Waals surface area contributed by atoms with E-state index in [1.54, 1.807) is 31.2 Å². The Kier molecular flexibility index (Phi) is 4.64. The first-order valence-electron chi connectivity index (χ1n) is 7.52. The van der Waals surface area contributed by atoms with Gasteiger partial charge >= 0.3 is 0 Å². The predicted molar refractivity (Wildman–Crippen MR) is 83.0 cm³/mol. The summed E-state index contributed by atoms with van der Waals surface area (Å²) < 4.78 is 0. The van der Waals surface area contributed by atoms with Crippen molar-refractivity contribution in [2.24, 2.45) is 17.8 Å². The van der Waals surface area contributed by atoms with E-state index in [1.807, 2.05) is 19.9 Å². The highest BCUT2D eigenvalue weighted by Crippen LogP contribution is 2.29. The van der Waals surface area contributed by atoms with E-state index in [9.17, 15) is 14.4 Å². The second-order valence-electron chi connectivity index (χ2n) is 6.16. The molecule has 1 aromatic rings. The summed E-state index contributed by atoms with van der Waals surface area (Å²) in [6, 6.07) is 8.49. The maximum Gasteiger partial charge on any atom is 0.260 e. The van der Waals surface area contributed by atoms with Crippen LogP contribution < -0.4 is 5.32 Å². The van der Waals surface area contributed by atoms with Crippen LogP contribution in [0.3, 0.4) is 0 Å². The molecule has 0 saturated carbocycles. The fourth-order valence-corrected chi connectivity index (χ4v) is 2.90. The zero-order valence-corrected chi connectivity index (χ0v) is 13.4. The molecular formula is C17H22N2O3. The zero-order valence-electron chi connectivity index (χ0n) is 13.4. The normalized spacial score (nSPS) is 21.8. The number of carbonyl (C=O) groups is 3. The summed E-state index contributed by atoms with van der Waals surface area (Å²) in [6.07, 6.45) is 0. The van der Waals surface area contributed by atoms with E-state index in [1.165, 1.54) is 7.05 Å². The molecule has 1 heterocycles. The third-order valence-electron chi connectivity index (χ3n) is 4.30. The average Bonchev–Trinajstić information content (AvgIpc) is 2.49. The Balaban J connectivity index is 2.08. The maximum absolute atomic E-state index is 12.5. The fourth-order valence-electron chi connectivity index (χ4n) is 2.90. The van der Waals surface area contributed by atoms with Crippen molar-refractivity contribution < 1.29 is 14.4 Å². The van der Waals surface area contributed by atoms with Crippen LogP contribution in [0.4, 0.5) is 0 Å². The lowest BCUT2D eigenvalue weighted by atomic mass is 9.75. The monoisotopic (exact) mass is 302 g/mol. The number of hydrogen-bond acceptors (Lipinski definition) is 3. The highest BCUT2D eigenvalue weighted by Gasteiger charge is 2.47. The van der Waals surface area contributed by atoms with Crippen LogP contribution in [0.1, 0.15) is 31.1 Å². The number of amides is 3. The highest BCUT2D eigenvalue weighted by molar-refractivity contribution is 6.05. The number of rotatable bonds is 4. The molecule has 1 fully saturated rings. The van der Waals surface area contributed by atoms with Gasteiger partial charge in [0.25, 0.3) is 5.91 Å². The summed E-state index contributed by atoms with van der Waals surface area (Å²) in [5.74, 6) is -1.04. The van der Waals surface area contributed by atoms with Crippen molar-refractivity contribution in [3.63, 3.8) is 0 Å². The van der Waals surface area contributed by atoms with E-state index < -0.39 is 5.92 Å². The summed E-state index contributed by atoms with van der Waals surface area (Å²) in [5.41, 5.74) is 0.476. The number of nitrogens with zero attached hydrogens (tertiary/aromatic N) is 1. The smallest absolute Gasteiger partial charge is 0.260 e. The molecule has 5 heteroatoms. The average molecular weight is 302 g/mol. The Morgan fingerprint density at radius 2 is 1.73 bits per heavy atom. The fraction of sp³-hybridized carbons (Fsp3) is 0.471. The van der Waals surface area contributed by atoms with E-state index in [0.717, 1.165) is 4.90 Å². The minimum Gasteiger partial charge on any atom is -0.351 e. The van der Waals surface area contributed by atoms with Crippen LogP contribution in [0.2, 0.25) is 0 Å². The minimum atomic E-state index is -0.428. The van der Waals surface area contributed by atoms with Gasteiger partial charge in [0, 0.05) is 12.6 Å². The van der Waals surface area contributed by atoms with Gasteiger partial charge in [0.05, 0.1) is 17.9 Å². The van der Waals surface area contributed by atoms with Gasteiger partial charge in [-0.05, 0) is 18.1 Å². The van der Waals surface area contributed by atoms with E-state index in [4.69, 9.17) is 0 Å². The van der Waals surface area contributed by atoms with Gasteiger partial charge in [0.15, 0.2) is 0 Å². The molecule has 1 aromatic carbocycles. The van der Waals surface area contributed by atoms with Gasteiger partial charge in [-0.15, -0.1) is 0 Å². The van der Waals surface area contributed by atoms with Crippen molar-refractivity contribution in [1.82, 2.24) is 10.2 Å². The summed E-state index contributed by atoms with van der Waals surface area (Å²) >= 11 is 0. The summed E-state index contributed by atoms with van der Waals surface area (Å²) in [7, 11) is 1.49. The number of imide groups is 1. The Bertz CT molecular complexity index is 583. The lowest BCUT2D eigenvalue weighted by Gasteiger charge is -2.42. The number of β-lactam (4-membered cyclic amide) rings is 1. The van der Waals surface area contributed by atoms with E-state index in [-0.39, 0.29) is 35.6 Å². The van der Waals surface area contributed by atoms with Crippen LogP contribution in [0.25, 0.3) is 0 Å². The molecule has 2 rings (SSSR count). The van der Waals surface area contributed by atoms with Gasteiger partial charge in [-0.2, -0.15) is 0 Å². The minimum absolute atomic E-state index is 0.0170. The van der Waals surface area contributed by atoms with E-state index in [0.29, 0.717) is 5.56 Å². The van der Waals surface area contributed by atoms with Crippen molar-refractivity contribution >= 4 is 17.7 Å². The molecule has 1 aliphatic heterocycles. The van der Waals surface area contributed by atoms with Gasteiger partial charge in [-0.25, -0.2) is 0 Å². The molecule has 1 N–H and O–H groups in total. The topological polar surface area (TPSA) is 66.5 Å². The van der Waals surface area contributed by atoms with E-state index in [2.05, 4.69) is 5.32 Å². The lowest BCUT2D eigenvalue weighted by Crippen LogP contribution is -2.64. The quantitative estimate of drug-likeness (QED) is 0.861. The van der Waals surface area contributed by atoms with Gasteiger partial charge in [-0.3, -0.25) is 19.3 Å². The molecule has 22 heavy (non-hydrogen) atoms. The van der Waals surface area contributed by atoms with Crippen LogP contribution in [0, 0.1) is 17.8 Å². The standard InChI is InChI=1S/C17H22N2O3/c1-10(2)13-14(18-15(13)20)11(3)16(21)19(4)17(22)12-8-6-5-7-9-12/h5-11,13-14H,1-4H3,(H,18,20)/t11-,13-,14-/m1/s1.